The van der Waals surface area contributed by atoms with Crippen LogP contribution in [-0.4, -0.2) is 15.7 Å². The van der Waals surface area contributed by atoms with Crippen LogP contribution in [0.3, 0.4) is 0 Å². The van der Waals surface area contributed by atoms with Crippen molar-refractivity contribution in [3.63, 3.8) is 0 Å². The van der Waals surface area contributed by atoms with Crippen LogP contribution in [0.5, 0.6) is 5.88 Å². The third-order valence-corrected chi connectivity index (χ3v) is 3.69. The largest absolute Gasteiger partial charge is 0.468 e. The Kier molecular flexibility index (Phi) is 3.05. The molecule has 0 aliphatic carbocycles. The highest BCUT2D eigenvalue weighted by Gasteiger charge is 2.16. The lowest BCUT2D eigenvalue weighted by Gasteiger charge is -2.13. The number of rotatable bonds is 4. The predicted molar refractivity (Wildman–Crippen MR) is 73.9 cm³/mol. The Balaban J connectivity index is 1.93. The molecule has 1 atom stereocenters. The number of hydrogen-bond acceptors (Lipinski definition) is 4. The minimum Gasteiger partial charge on any atom is -0.468 e. The van der Waals surface area contributed by atoms with Crippen molar-refractivity contribution in [3.8, 4) is 5.88 Å². The molecule has 0 N–H and O–H groups in total. The second-order valence-corrected chi connectivity index (χ2v) is 5.02. The monoisotopic (exact) mass is 272 g/mol. The number of ether oxygens (including phenoxy) is 1. The number of carbonyl (C=O) groups is 1. The molecule has 19 heavy (non-hydrogen) atoms. The summed E-state index contributed by atoms with van der Waals surface area (Å²) < 4.78 is 7.55. The van der Waals surface area contributed by atoms with Gasteiger partial charge in [-0.05, 0) is 12.5 Å². The number of hydrogen-bond donors (Lipinski definition) is 0. The first-order valence-corrected chi connectivity index (χ1v) is 6.80. The third-order valence-electron chi connectivity index (χ3n) is 2.93. The minimum atomic E-state index is -0.149. The Morgan fingerprint density at radius 1 is 1.37 bits per heavy atom. The molecule has 0 fully saturated rings. The van der Waals surface area contributed by atoms with E-state index in [0.717, 1.165) is 16.8 Å². The molecule has 2 aromatic heterocycles. The summed E-state index contributed by atoms with van der Waals surface area (Å²) >= 11 is 1.47. The van der Waals surface area contributed by atoms with E-state index in [1.54, 1.807) is 4.40 Å². The summed E-state index contributed by atoms with van der Waals surface area (Å²) in [5.41, 5.74) is 1.51. The number of nitrogens with zero attached hydrogens (tertiary/aromatic N) is 2. The Hall–Kier alpha value is -2.14. The minimum absolute atomic E-state index is 0.149. The van der Waals surface area contributed by atoms with Crippen LogP contribution in [0.4, 0.5) is 0 Å². The van der Waals surface area contributed by atoms with E-state index < -0.39 is 0 Å². The van der Waals surface area contributed by atoms with Crippen molar-refractivity contribution in [1.82, 2.24) is 9.38 Å². The lowest BCUT2D eigenvalue weighted by molar-refractivity contribution is 0.111. The van der Waals surface area contributed by atoms with Crippen molar-refractivity contribution in [3.05, 3.63) is 53.2 Å². The highest BCUT2D eigenvalue weighted by molar-refractivity contribution is 7.15. The average molecular weight is 272 g/mol. The molecule has 0 bridgehead atoms. The summed E-state index contributed by atoms with van der Waals surface area (Å²) in [7, 11) is 0. The molecule has 0 amide bonds. The molecule has 4 nitrogen and oxygen atoms in total. The Bertz CT molecular complexity index is 703. The van der Waals surface area contributed by atoms with Gasteiger partial charge in [0.05, 0.1) is 0 Å². The fourth-order valence-corrected chi connectivity index (χ4v) is 2.65. The zero-order chi connectivity index (χ0) is 13.2. The Morgan fingerprint density at radius 3 is 2.89 bits per heavy atom. The van der Waals surface area contributed by atoms with E-state index in [1.807, 2.05) is 48.8 Å². The van der Waals surface area contributed by atoms with E-state index in [1.165, 1.54) is 11.3 Å². The topological polar surface area (TPSA) is 43.6 Å². The summed E-state index contributed by atoms with van der Waals surface area (Å²) in [4.78, 5) is 16.3. The van der Waals surface area contributed by atoms with Crippen LogP contribution in [0.25, 0.3) is 4.96 Å². The number of aldehydes is 1. The highest BCUT2D eigenvalue weighted by Crippen LogP contribution is 2.26. The fourth-order valence-electron chi connectivity index (χ4n) is 1.94. The van der Waals surface area contributed by atoms with E-state index in [2.05, 4.69) is 4.98 Å². The van der Waals surface area contributed by atoms with Gasteiger partial charge in [0.2, 0.25) is 5.88 Å². The number of thiazole rings is 1. The van der Waals surface area contributed by atoms with Gasteiger partial charge in [-0.2, -0.15) is 4.98 Å². The van der Waals surface area contributed by atoms with Crippen LogP contribution in [-0.2, 0) is 0 Å². The van der Waals surface area contributed by atoms with Crippen LogP contribution in [0.2, 0.25) is 0 Å². The first kappa shape index (κ1) is 11.9. The summed E-state index contributed by atoms with van der Waals surface area (Å²) in [5, 5.41) is 1.89. The maximum atomic E-state index is 11.2. The lowest BCUT2D eigenvalue weighted by atomic mass is 10.1. The Morgan fingerprint density at radius 2 is 2.16 bits per heavy atom. The van der Waals surface area contributed by atoms with Crippen LogP contribution in [0.15, 0.2) is 41.9 Å². The predicted octanol–water partition coefficient (Wildman–Crippen LogP) is 3.35. The smallest absolute Gasteiger partial charge is 0.245 e. The standard InChI is InChI=1S/C14H12N2O2S/c1-10(11-5-3-2-4-6-11)18-13-12(9-17)16-7-8-19-14(16)15-13/h2-10H,1H3. The normalized spacial score (nSPS) is 12.5. The molecule has 0 spiro atoms. The third kappa shape index (κ3) is 2.13. The Labute approximate surface area is 114 Å². The molecule has 0 aliphatic rings. The molecule has 0 radical (unpaired) electrons. The molecular formula is C14H12N2O2S. The van der Waals surface area contributed by atoms with E-state index in [9.17, 15) is 4.79 Å². The fraction of sp³-hybridized carbons (Fsp3) is 0.143. The van der Waals surface area contributed by atoms with Gasteiger partial charge in [-0.15, -0.1) is 11.3 Å². The second-order valence-electron chi connectivity index (χ2n) is 4.15. The van der Waals surface area contributed by atoms with Crippen LogP contribution in [0.1, 0.15) is 29.1 Å². The summed E-state index contributed by atoms with van der Waals surface area (Å²) in [5.74, 6) is 0.387. The second kappa shape index (κ2) is 4.85. The molecule has 0 saturated heterocycles. The van der Waals surface area contributed by atoms with Gasteiger partial charge in [-0.1, -0.05) is 30.3 Å². The van der Waals surface area contributed by atoms with Gasteiger partial charge in [0.15, 0.2) is 16.9 Å². The molecule has 1 unspecified atom stereocenters. The quantitative estimate of drug-likeness (QED) is 0.684. The molecule has 5 heteroatoms. The van der Waals surface area contributed by atoms with Gasteiger partial charge in [-0.3, -0.25) is 9.20 Å². The summed E-state index contributed by atoms with van der Waals surface area (Å²) in [6.45, 7) is 1.94. The van der Waals surface area contributed by atoms with E-state index in [-0.39, 0.29) is 6.10 Å². The van der Waals surface area contributed by atoms with Crippen LogP contribution >= 0.6 is 11.3 Å². The first-order valence-electron chi connectivity index (χ1n) is 5.92. The number of fused-ring (bicyclic) bond motifs is 1. The maximum absolute atomic E-state index is 11.2. The number of carbonyl (C=O) groups excluding carboxylic acids is 1. The zero-order valence-electron chi connectivity index (χ0n) is 10.3. The van der Waals surface area contributed by atoms with Gasteiger partial charge in [0, 0.05) is 11.6 Å². The number of benzene rings is 1. The molecular weight excluding hydrogens is 260 g/mol. The van der Waals surface area contributed by atoms with Gasteiger partial charge in [0.25, 0.3) is 0 Å². The van der Waals surface area contributed by atoms with Crippen LogP contribution in [0, 0.1) is 0 Å². The molecule has 96 valence electrons. The maximum Gasteiger partial charge on any atom is 0.245 e. The van der Waals surface area contributed by atoms with Gasteiger partial charge >= 0.3 is 0 Å². The van der Waals surface area contributed by atoms with E-state index in [0.29, 0.717) is 11.6 Å². The van der Waals surface area contributed by atoms with Gasteiger partial charge in [0.1, 0.15) is 6.10 Å². The lowest BCUT2D eigenvalue weighted by Crippen LogP contribution is -2.05. The molecule has 2 heterocycles. The molecule has 3 aromatic rings. The molecule has 0 saturated carbocycles. The van der Waals surface area contributed by atoms with Crippen molar-refractivity contribution in [2.45, 2.75) is 13.0 Å². The zero-order valence-corrected chi connectivity index (χ0v) is 11.1. The SMILES string of the molecule is CC(Oc1nc2sccn2c1C=O)c1ccccc1. The first-order chi connectivity index (χ1) is 9.29. The van der Waals surface area contributed by atoms with Crippen molar-refractivity contribution in [1.29, 1.82) is 0 Å². The summed E-state index contributed by atoms with van der Waals surface area (Å²) in [6, 6.07) is 9.86. The average Bonchev–Trinajstić information content (AvgIpc) is 3.00. The van der Waals surface area contributed by atoms with Crippen molar-refractivity contribution in [2.24, 2.45) is 0 Å². The molecule has 1 aromatic carbocycles. The van der Waals surface area contributed by atoms with E-state index in [4.69, 9.17) is 4.74 Å². The van der Waals surface area contributed by atoms with Gasteiger partial charge in [-0.25, -0.2) is 0 Å². The highest BCUT2D eigenvalue weighted by atomic mass is 32.1. The summed E-state index contributed by atoms with van der Waals surface area (Å²) in [6.07, 6.45) is 2.45. The van der Waals surface area contributed by atoms with Gasteiger partial charge < -0.3 is 4.74 Å². The molecule has 0 aliphatic heterocycles. The van der Waals surface area contributed by atoms with Crippen molar-refractivity contribution < 1.29 is 9.53 Å². The number of imidazole rings is 1. The number of aromatic nitrogens is 2. The van der Waals surface area contributed by atoms with Crippen molar-refractivity contribution in [2.75, 3.05) is 0 Å². The van der Waals surface area contributed by atoms with Crippen molar-refractivity contribution >= 4 is 22.6 Å². The van der Waals surface area contributed by atoms with E-state index >= 15 is 0 Å². The molecule has 3 rings (SSSR count). The van der Waals surface area contributed by atoms with Crippen LogP contribution < -0.4 is 4.74 Å².